The lowest BCUT2D eigenvalue weighted by atomic mass is 10.1. The summed E-state index contributed by atoms with van der Waals surface area (Å²) in [4.78, 5) is 12.5. The van der Waals surface area contributed by atoms with E-state index in [4.69, 9.17) is 25.8 Å². The topological polar surface area (TPSA) is 80.6 Å². The largest absolute Gasteiger partial charge is 0.495 e. The van der Waals surface area contributed by atoms with Crippen LogP contribution in [0.1, 0.15) is 5.56 Å². The summed E-state index contributed by atoms with van der Waals surface area (Å²) in [5.74, 6) is 0.861. The van der Waals surface area contributed by atoms with Crippen LogP contribution in [0.2, 0.25) is 5.02 Å². The lowest BCUT2D eigenvalue weighted by Crippen LogP contribution is -2.13. The van der Waals surface area contributed by atoms with Crippen molar-refractivity contribution in [2.24, 2.45) is 0 Å². The number of halogens is 2. The number of hydrogen-bond donors (Lipinski definition) is 1. The van der Waals surface area contributed by atoms with Crippen LogP contribution in [0.4, 0.5) is 5.69 Å². The summed E-state index contributed by atoms with van der Waals surface area (Å²) in [6.45, 7) is 3.92. The molecule has 0 aliphatic heterocycles. The Labute approximate surface area is 182 Å². The highest BCUT2D eigenvalue weighted by molar-refractivity contribution is 9.10. The van der Waals surface area contributed by atoms with E-state index < -0.39 is 5.91 Å². The summed E-state index contributed by atoms with van der Waals surface area (Å²) in [5.41, 5.74) is 0.929. The summed E-state index contributed by atoms with van der Waals surface area (Å²) >= 11 is 9.48. The van der Waals surface area contributed by atoms with E-state index in [1.807, 2.05) is 6.07 Å². The Morgan fingerprint density at radius 3 is 2.59 bits per heavy atom. The van der Waals surface area contributed by atoms with Crippen LogP contribution in [0.25, 0.3) is 6.08 Å². The van der Waals surface area contributed by atoms with Crippen LogP contribution in [-0.4, -0.2) is 26.7 Å². The van der Waals surface area contributed by atoms with Gasteiger partial charge < -0.3 is 19.5 Å². The fraction of sp³-hybridized carbons (Fsp3) is 0.143. The molecule has 1 N–H and O–H groups in total. The van der Waals surface area contributed by atoms with Crippen molar-refractivity contribution in [3.8, 4) is 23.3 Å². The maximum atomic E-state index is 12.5. The first-order valence-electron chi connectivity index (χ1n) is 8.31. The Balaban J connectivity index is 2.29. The minimum absolute atomic E-state index is 0.0920. The highest BCUT2D eigenvalue weighted by Gasteiger charge is 2.14. The van der Waals surface area contributed by atoms with Crippen molar-refractivity contribution < 1.29 is 19.0 Å². The molecule has 0 fully saturated rings. The summed E-state index contributed by atoms with van der Waals surface area (Å²) in [6, 6.07) is 10.1. The normalized spacial score (nSPS) is 10.7. The Kier molecular flexibility index (Phi) is 8.13. The van der Waals surface area contributed by atoms with Crippen LogP contribution in [0.5, 0.6) is 17.2 Å². The summed E-state index contributed by atoms with van der Waals surface area (Å²) < 4.78 is 16.6. The SMILES string of the molecule is C=CCOc1c(Br)cc(/C=C(\C#N)C(=O)Nc2ccc(OC)c(Cl)c2)cc1OC. The quantitative estimate of drug-likeness (QED) is 0.320. The van der Waals surface area contributed by atoms with E-state index in [1.165, 1.54) is 20.3 Å². The smallest absolute Gasteiger partial charge is 0.266 e. The van der Waals surface area contributed by atoms with Gasteiger partial charge in [0.05, 0.1) is 23.7 Å². The van der Waals surface area contributed by atoms with E-state index in [-0.39, 0.29) is 5.57 Å². The van der Waals surface area contributed by atoms with E-state index in [0.29, 0.717) is 44.6 Å². The van der Waals surface area contributed by atoms with E-state index in [2.05, 4.69) is 27.8 Å². The molecule has 8 heteroatoms. The average molecular weight is 478 g/mol. The third-order valence-corrected chi connectivity index (χ3v) is 4.57. The molecule has 0 unspecified atom stereocenters. The van der Waals surface area contributed by atoms with Gasteiger partial charge in [0.15, 0.2) is 11.5 Å². The molecular weight excluding hydrogens is 460 g/mol. The number of hydrogen-bond acceptors (Lipinski definition) is 5. The van der Waals surface area contributed by atoms with Gasteiger partial charge >= 0.3 is 0 Å². The molecule has 0 saturated heterocycles. The molecule has 150 valence electrons. The highest BCUT2D eigenvalue weighted by atomic mass is 79.9. The minimum atomic E-state index is -0.573. The van der Waals surface area contributed by atoms with Crippen molar-refractivity contribution in [2.75, 3.05) is 26.1 Å². The average Bonchev–Trinajstić information content (AvgIpc) is 2.70. The highest BCUT2D eigenvalue weighted by Crippen LogP contribution is 2.37. The van der Waals surface area contributed by atoms with Gasteiger partial charge in [0.25, 0.3) is 5.91 Å². The van der Waals surface area contributed by atoms with Crippen molar-refractivity contribution in [1.82, 2.24) is 0 Å². The van der Waals surface area contributed by atoms with Gasteiger partial charge in [-0.1, -0.05) is 24.3 Å². The molecular formula is C21H18BrClN2O4. The summed E-state index contributed by atoms with van der Waals surface area (Å²) in [7, 11) is 3.00. The molecule has 0 aliphatic rings. The molecule has 0 bridgehead atoms. The van der Waals surface area contributed by atoms with Crippen LogP contribution < -0.4 is 19.5 Å². The van der Waals surface area contributed by atoms with Gasteiger partial charge in [0.2, 0.25) is 0 Å². The first-order valence-corrected chi connectivity index (χ1v) is 9.48. The second-order valence-electron chi connectivity index (χ2n) is 5.61. The number of anilines is 1. The Morgan fingerprint density at radius 1 is 1.28 bits per heavy atom. The number of methoxy groups -OCH3 is 2. The molecule has 0 heterocycles. The standard InChI is InChI=1S/C21H18BrClN2O4/c1-4-7-29-20-16(22)9-13(10-19(20)28-3)8-14(12-24)21(26)25-15-5-6-18(27-2)17(23)11-15/h4-6,8-11H,1,7H2,2-3H3,(H,25,26)/b14-8+. The monoisotopic (exact) mass is 476 g/mol. The van der Waals surface area contributed by atoms with E-state index in [9.17, 15) is 10.1 Å². The molecule has 0 radical (unpaired) electrons. The van der Waals surface area contributed by atoms with Crippen molar-refractivity contribution in [3.05, 3.63) is 63.6 Å². The van der Waals surface area contributed by atoms with Crippen LogP contribution in [0.15, 0.2) is 53.0 Å². The van der Waals surface area contributed by atoms with Gasteiger partial charge in [0, 0.05) is 5.69 Å². The molecule has 0 saturated carbocycles. The maximum Gasteiger partial charge on any atom is 0.266 e. The second-order valence-corrected chi connectivity index (χ2v) is 6.87. The van der Waals surface area contributed by atoms with Gasteiger partial charge in [-0.2, -0.15) is 5.26 Å². The zero-order valence-corrected chi connectivity index (χ0v) is 18.1. The fourth-order valence-corrected chi connectivity index (χ4v) is 3.20. The number of nitrogens with one attached hydrogen (secondary N) is 1. The van der Waals surface area contributed by atoms with Gasteiger partial charge in [0.1, 0.15) is 24.0 Å². The molecule has 0 spiro atoms. The third-order valence-electron chi connectivity index (χ3n) is 3.68. The van der Waals surface area contributed by atoms with Crippen molar-refractivity contribution >= 4 is 45.2 Å². The lowest BCUT2D eigenvalue weighted by molar-refractivity contribution is -0.112. The third kappa shape index (κ3) is 5.76. The van der Waals surface area contributed by atoms with Gasteiger partial charge in [-0.05, 0) is 57.9 Å². The minimum Gasteiger partial charge on any atom is -0.495 e. The predicted octanol–water partition coefficient (Wildman–Crippen LogP) is 5.23. The zero-order valence-electron chi connectivity index (χ0n) is 15.8. The van der Waals surface area contributed by atoms with Crippen molar-refractivity contribution in [3.63, 3.8) is 0 Å². The van der Waals surface area contributed by atoms with Crippen LogP contribution >= 0.6 is 27.5 Å². The molecule has 0 aliphatic carbocycles. The van der Waals surface area contributed by atoms with Crippen molar-refractivity contribution in [1.29, 1.82) is 5.26 Å². The number of nitriles is 1. The zero-order chi connectivity index (χ0) is 21.4. The molecule has 1 amide bonds. The number of ether oxygens (including phenoxy) is 3. The molecule has 0 aromatic heterocycles. The second kappa shape index (κ2) is 10.6. The first kappa shape index (κ1) is 22.3. The van der Waals surface area contributed by atoms with Gasteiger partial charge in [-0.25, -0.2) is 0 Å². The fourth-order valence-electron chi connectivity index (χ4n) is 2.36. The van der Waals surface area contributed by atoms with Crippen LogP contribution in [0, 0.1) is 11.3 Å². The molecule has 2 aromatic carbocycles. The number of carbonyl (C=O) groups excluding carboxylic acids is 1. The number of nitrogens with zero attached hydrogens (tertiary/aromatic N) is 1. The molecule has 2 rings (SSSR count). The number of benzene rings is 2. The Hall–Kier alpha value is -2.95. The summed E-state index contributed by atoms with van der Waals surface area (Å²) in [6.07, 6.45) is 3.06. The molecule has 0 atom stereocenters. The van der Waals surface area contributed by atoms with E-state index in [0.717, 1.165) is 0 Å². The number of amides is 1. The van der Waals surface area contributed by atoms with Gasteiger partial charge in [-0.3, -0.25) is 4.79 Å². The Bertz CT molecular complexity index is 999. The number of carbonyl (C=O) groups is 1. The molecule has 29 heavy (non-hydrogen) atoms. The van der Waals surface area contributed by atoms with Crippen molar-refractivity contribution in [2.45, 2.75) is 0 Å². The van der Waals surface area contributed by atoms with Crippen LogP contribution in [-0.2, 0) is 4.79 Å². The molecule has 2 aromatic rings. The van der Waals surface area contributed by atoms with E-state index >= 15 is 0 Å². The van der Waals surface area contributed by atoms with Gasteiger partial charge in [-0.15, -0.1) is 0 Å². The molecule has 6 nitrogen and oxygen atoms in total. The Morgan fingerprint density at radius 2 is 2.00 bits per heavy atom. The summed E-state index contributed by atoms with van der Waals surface area (Å²) in [5, 5.41) is 12.4. The first-order chi connectivity index (χ1) is 13.9. The van der Waals surface area contributed by atoms with E-state index in [1.54, 1.807) is 36.4 Å². The predicted molar refractivity (Wildman–Crippen MR) is 117 cm³/mol. The maximum absolute atomic E-state index is 12.5. The number of rotatable bonds is 8. The lowest BCUT2D eigenvalue weighted by Gasteiger charge is -2.12. The van der Waals surface area contributed by atoms with Crippen LogP contribution in [0.3, 0.4) is 0 Å².